The van der Waals surface area contributed by atoms with Gasteiger partial charge in [0.05, 0.1) is 17.3 Å². The first kappa shape index (κ1) is 17.7. The van der Waals surface area contributed by atoms with Crippen molar-refractivity contribution in [2.45, 2.75) is 11.3 Å². The number of sulfonamides is 1. The Hall–Kier alpha value is -2.11. The molecule has 0 aliphatic carbocycles. The van der Waals surface area contributed by atoms with Crippen LogP contribution in [-0.4, -0.2) is 45.2 Å². The predicted octanol–water partition coefficient (Wildman–Crippen LogP) is 0.517. The molecule has 3 rings (SSSR count). The van der Waals surface area contributed by atoms with Crippen LogP contribution in [0.2, 0.25) is 0 Å². The Morgan fingerprint density at radius 2 is 2.00 bits per heavy atom. The van der Waals surface area contributed by atoms with E-state index >= 15 is 0 Å². The lowest BCUT2D eigenvalue weighted by Crippen LogP contribution is -2.33. The third-order valence-corrected chi connectivity index (χ3v) is 5.47. The highest BCUT2D eigenvalue weighted by atomic mass is 35.7. The molecule has 1 aliphatic rings. The Bertz CT molecular complexity index is 1060. The first-order chi connectivity index (χ1) is 11.6. The SMILES string of the molecule is CS(=O)(=O)Nn1cncc1C(=O)N1CCc2cc(S(=O)(=O)Cl)ccc21. The third kappa shape index (κ3) is 3.62. The molecule has 0 saturated heterocycles. The van der Waals surface area contributed by atoms with Crippen molar-refractivity contribution in [1.82, 2.24) is 9.66 Å². The lowest BCUT2D eigenvalue weighted by atomic mass is 10.2. The second kappa shape index (κ2) is 6.00. The first-order valence-electron chi connectivity index (χ1n) is 6.96. The van der Waals surface area contributed by atoms with E-state index in [1.54, 1.807) is 0 Å². The van der Waals surface area contributed by atoms with Gasteiger partial charge in [-0.05, 0) is 30.2 Å². The number of carbonyl (C=O) groups excluding carboxylic acids is 1. The molecule has 1 aromatic carbocycles. The van der Waals surface area contributed by atoms with E-state index < -0.39 is 25.0 Å². The van der Waals surface area contributed by atoms with Crippen LogP contribution in [-0.2, 0) is 25.5 Å². The van der Waals surface area contributed by atoms with Crippen LogP contribution in [0.3, 0.4) is 0 Å². The fraction of sp³-hybridized carbons (Fsp3) is 0.231. The Morgan fingerprint density at radius 1 is 1.28 bits per heavy atom. The van der Waals surface area contributed by atoms with Crippen molar-refractivity contribution in [2.24, 2.45) is 0 Å². The monoisotopic (exact) mass is 404 g/mol. The molecule has 0 unspecified atom stereocenters. The summed E-state index contributed by atoms with van der Waals surface area (Å²) in [5.41, 5.74) is 1.24. The van der Waals surface area contributed by atoms with Crippen molar-refractivity contribution < 1.29 is 21.6 Å². The average Bonchev–Trinajstić information content (AvgIpc) is 3.09. The van der Waals surface area contributed by atoms with Gasteiger partial charge in [-0.3, -0.25) is 4.79 Å². The van der Waals surface area contributed by atoms with Crippen LogP contribution in [0.25, 0.3) is 0 Å². The number of fused-ring (bicyclic) bond motifs is 1. The molecule has 0 atom stereocenters. The van der Waals surface area contributed by atoms with Crippen molar-refractivity contribution in [2.75, 3.05) is 22.5 Å². The Kier molecular flexibility index (Phi) is 4.25. The van der Waals surface area contributed by atoms with Crippen molar-refractivity contribution in [3.63, 3.8) is 0 Å². The van der Waals surface area contributed by atoms with Crippen LogP contribution in [0.4, 0.5) is 5.69 Å². The smallest absolute Gasteiger partial charge is 0.278 e. The number of nitrogens with zero attached hydrogens (tertiary/aromatic N) is 3. The fourth-order valence-electron chi connectivity index (χ4n) is 2.58. The average molecular weight is 405 g/mol. The molecule has 12 heteroatoms. The molecule has 0 bridgehead atoms. The maximum Gasteiger partial charge on any atom is 0.278 e. The van der Waals surface area contributed by atoms with Gasteiger partial charge in [0, 0.05) is 22.9 Å². The van der Waals surface area contributed by atoms with Gasteiger partial charge < -0.3 is 4.90 Å². The highest BCUT2D eigenvalue weighted by molar-refractivity contribution is 8.13. The number of imidazole rings is 1. The molecule has 0 saturated carbocycles. The zero-order valence-electron chi connectivity index (χ0n) is 12.9. The van der Waals surface area contributed by atoms with Crippen LogP contribution in [0.5, 0.6) is 0 Å². The minimum absolute atomic E-state index is 0.0346. The van der Waals surface area contributed by atoms with Crippen LogP contribution in [0.1, 0.15) is 16.1 Å². The topological polar surface area (TPSA) is 118 Å². The number of benzene rings is 1. The summed E-state index contributed by atoms with van der Waals surface area (Å²) in [5.74, 6) is -0.464. The van der Waals surface area contributed by atoms with Gasteiger partial charge in [0.15, 0.2) is 0 Å². The van der Waals surface area contributed by atoms with Gasteiger partial charge in [0.25, 0.3) is 15.0 Å². The van der Waals surface area contributed by atoms with E-state index in [2.05, 4.69) is 9.82 Å². The molecule has 9 nitrogen and oxygen atoms in total. The molecule has 0 spiro atoms. The normalized spacial score (nSPS) is 14.4. The van der Waals surface area contributed by atoms with E-state index in [1.807, 2.05) is 0 Å². The summed E-state index contributed by atoms with van der Waals surface area (Å²) in [6.07, 6.45) is 3.83. The lowest BCUT2D eigenvalue weighted by Gasteiger charge is -2.18. The van der Waals surface area contributed by atoms with Crippen LogP contribution >= 0.6 is 10.7 Å². The lowest BCUT2D eigenvalue weighted by molar-refractivity contribution is 0.0982. The maximum absolute atomic E-state index is 12.7. The molecule has 134 valence electrons. The van der Waals surface area contributed by atoms with Gasteiger partial charge in [0.1, 0.15) is 12.0 Å². The minimum atomic E-state index is -3.85. The maximum atomic E-state index is 12.7. The number of hydrogen-bond acceptors (Lipinski definition) is 6. The van der Waals surface area contributed by atoms with Crippen molar-refractivity contribution in [3.8, 4) is 0 Å². The standard InChI is InChI=1S/C13H13ClN4O5S2/c1-24(20,21)16-18-8-15-7-12(18)13(19)17-5-4-9-6-10(25(14,22)23)2-3-11(9)17/h2-3,6-8,16H,4-5H2,1H3. The number of aromatic nitrogens is 2. The molecule has 2 aromatic rings. The summed E-state index contributed by atoms with van der Waals surface area (Å²) < 4.78 is 46.6. The van der Waals surface area contributed by atoms with Gasteiger partial charge in [0.2, 0.25) is 10.0 Å². The number of carbonyl (C=O) groups is 1. The van der Waals surface area contributed by atoms with Crippen molar-refractivity contribution >= 4 is 41.4 Å². The molecule has 1 aliphatic heterocycles. The van der Waals surface area contributed by atoms with Crippen molar-refractivity contribution in [3.05, 3.63) is 42.0 Å². The minimum Gasteiger partial charge on any atom is -0.306 e. The molecule has 1 aromatic heterocycles. The van der Waals surface area contributed by atoms with Crippen molar-refractivity contribution in [1.29, 1.82) is 0 Å². The zero-order chi connectivity index (χ0) is 18.4. The first-order valence-corrected chi connectivity index (χ1v) is 11.2. The van der Waals surface area contributed by atoms with E-state index in [4.69, 9.17) is 10.7 Å². The van der Waals surface area contributed by atoms with Gasteiger partial charge in [-0.2, -0.15) is 0 Å². The number of amides is 1. The molecule has 1 amide bonds. The summed E-state index contributed by atoms with van der Waals surface area (Å²) >= 11 is 0. The Balaban J connectivity index is 1.94. The number of anilines is 1. The highest BCUT2D eigenvalue weighted by Crippen LogP contribution is 2.32. The second-order valence-corrected chi connectivity index (χ2v) is 9.74. The molecule has 2 heterocycles. The van der Waals surface area contributed by atoms with Gasteiger partial charge in [-0.25, -0.2) is 31.3 Å². The largest absolute Gasteiger partial charge is 0.306 e. The quantitative estimate of drug-likeness (QED) is 0.742. The number of rotatable bonds is 4. The summed E-state index contributed by atoms with van der Waals surface area (Å²) in [4.78, 5) is 20.1. The highest BCUT2D eigenvalue weighted by Gasteiger charge is 2.29. The number of hydrogen-bond donors (Lipinski definition) is 1. The van der Waals surface area contributed by atoms with Crippen LogP contribution in [0, 0.1) is 0 Å². The van der Waals surface area contributed by atoms with E-state index in [1.165, 1.54) is 35.6 Å². The molecule has 0 radical (unpaired) electrons. The summed E-state index contributed by atoms with van der Waals surface area (Å²) in [6.45, 7) is 0.323. The summed E-state index contributed by atoms with van der Waals surface area (Å²) in [5, 5.41) is 0. The fourth-order valence-corrected chi connectivity index (χ4v) is 3.89. The van der Waals surface area contributed by atoms with Crippen LogP contribution in [0.15, 0.2) is 35.6 Å². The van der Waals surface area contributed by atoms with E-state index in [-0.39, 0.29) is 10.6 Å². The zero-order valence-corrected chi connectivity index (χ0v) is 15.3. The Labute approximate surface area is 148 Å². The summed E-state index contributed by atoms with van der Waals surface area (Å²) in [7, 11) is -2.11. The van der Waals surface area contributed by atoms with E-state index in [0.29, 0.717) is 24.2 Å². The van der Waals surface area contributed by atoms with Gasteiger partial charge >= 0.3 is 0 Å². The molecular formula is C13H13ClN4O5S2. The van der Waals surface area contributed by atoms with Gasteiger partial charge in [-0.1, -0.05) is 0 Å². The molecular weight excluding hydrogens is 392 g/mol. The van der Waals surface area contributed by atoms with E-state index in [0.717, 1.165) is 10.9 Å². The third-order valence-electron chi connectivity index (χ3n) is 3.59. The molecule has 0 fully saturated rings. The predicted molar refractivity (Wildman–Crippen MR) is 91.3 cm³/mol. The van der Waals surface area contributed by atoms with E-state index in [9.17, 15) is 21.6 Å². The molecule has 1 N–H and O–H groups in total. The Morgan fingerprint density at radius 3 is 2.64 bits per heavy atom. The second-order valence-electron chi connectivity index (χ2n) is 5.45. The van der Waals surface area contributed by atoms with Gasteiger partial charge in [-0.15, -0.1) is 0 Å². The number of halogens is 1. The summed E-state index contributed by atoms with van der Waals surface area (Å²) in [6, 6.07) is 4.25. The molecule has 25 heavy (non-hydrogen) atoms. The van der Waals surface area contributed by atoms with Crippen LogP contribution < -0.4 is 9.73 Å². The number of nitrogens with one attached hydrogen (secondary N) is 1.